The molecule has 0 heterocycles. The standard InChI is InChI=1S/C12H11BrO5/c1-7(14)9-3-8(4-10(13)5-9)6-18-12(16)11(15)17-2/h3-5H,6H2,1-2H3. The van der Waals surface area contributed by atoms with Crippen LogP contribution in [0.1, 0.15) is 22.8 Å². The number of methoxy groups -OCH3 is 1. The van der Waals surface area contributed by atoms with Crippen molar-refractivity contribution in [3.8, 4) is 0 Å². The Bertz CT molecular complexity index is 495. The van der Waals surface area contributed by atoms with Gasteiger partial charge in [-0.15, -0.1) is 0 Å². The van der Waals surface area contributed by atoms with Crippen molar-refractivity contribution in [2.75, 3.05) is 7.11 Å². The van der Waals surface area contributed by atoms with Crippen LogP contribution in [0.4, 0.5) is 0 Å². The van der Waals surface area contributed by atoms with Crippen LogP contribution >= 0.6 is 15.9 Å². The molecule has 0 spiro atoms. The monoisotopic (exact) mass is 314 g/mol. The molecule has 18 heavy (non-hydrogen) atoms. The number of hydrogen-bond acceptors (Lipinski definition) is 5. The maximum atomic E-state index is 11.2. The molecule has 0 saturated heterocycles. The van der Waals surface area contributed by atoms with Gasteiger partial charge in [0.1, 0.15) is 6.61 Å². The van der Waals surface area contributed by atoms with Crippen molar-refractivity contribution in [3.63, 3.8) is 0 Å². The van der Waals surface area contributed by atoms with Crippen molar-refractivity contribution < 1.29 is 23.9 Å². The lowest BCUT2D eigenvalue weighted by atomic mass is 10.1. The Kier molecular flexibility index (Phi) is 5.03. The number of ether oxygens (including phenoxy) is 2. The molecule has 0 atom stereocenters. The van der Waals surface area contributed by atoms with Crippen LogP contribution in [-0.4, -0.2) is 24.8 Å². The van der Waals surface area contributed by atoms with E-state index in [2.05, 4.69) is 20.7 Å². The smallest absolute Gasteiger partial charge is 0.417 e. The number of rotatable bonds is 3. The molecule has 5 nitrogen and oxygen atoms in total. The summed E-state index contributed by atoms with van der Waals surface area (Å²) >= 11 is 3.25. The lowest BCUT2D eigenvalue weighted by molar-refractivity contribution is -0.166. The lowest BCUT2D eigenvalue weighted by Gasteiger charge is -2.06. The third-order valence-electron chi connectivity index (χ3n) is 2.09. The first-order valence-corrected chi connectivity index (χ1v) is 5.79. The summed E-state index contributed by atoms with van der Waals surface area (Å²) in [5.74, 6) is -2.23. The van der Waals surface area contributed by atoms with E-state index < -0.39 is 11.9 Å². The summed E-state index contributed by atoms with van der Waals surface area (Å²) in [4.78, 5) is 33.1. The molecule has 0 fully saturated rings. The first-order valence-electron chi connectivity index (χ1n) is 4.99. The van der Waals surface area contributed by atoms with E-state index in [9.17, 15) is 14.4 Å². The van der Waals surface area contributed by atoms with Crippen LogP contribution in [-0.2, 0) is 25.7 Å². The molecule has 1 aromatic rings. The van der Waals surface area contributed by atoms with Gasteiger partial charge in [-0.2, -0.15) is 0 Å². The minimum atomic E-state index is -1.07. The summed E-state index contributed by atoms with van der Waals surface area (Å²) in [6, 6.07) is 4.95. The molecule has 0 unspecified atom stereocenters. The van der Waals surface area contributed by atoms with Crippen LogP contribution < -0.4 is 0 Å². The van der Waals surface area contributed by atoms with Gasteiger partial charge in [-0.25, -0.2) is 9.59 Å². The highest BCUT2D eigenvalue weighted by Gasteiger charge is 2.15. The van der Waals surface area contributed by atoms with Gasteiger partial charge >= 0.3 is 11.9 Å². The molecule has 96 valence electrons. The summed E-state index contributed by atoms with van der Waals surface area (Å²) in [5.41, 5.74) is 1.10. The molecule has 6 heteroatoms. The van der Waals surface area contributed by atoms with Gasteiger partial charge in [0.15, 0.2) is 5.78 Å². The Balaban J connectivity index is 2.76. The first-order chi connectivity index (χ1) is 8.43. The normalized spacial score (nSPS) is 9.72. The average Bonchev–Trinajstić information content (AvgIpc) is 2.34. The molecule has 0 aliphatic heterocycles. The fourth-order valence-corrected chi connectivity index (χ4v) is 1.77. The minimum Gasteiger partial charge on any atom is -0.461 e. The van der Waals surface area contributed by atoms with E-state index in [1.165, 1.54) is 6.92 Å². The Hall–Kier alpha value is -1.69. The third-order valence-corrected chi connectivity index (χ3v) is 2.54. The van der Waals surface area contributed by atoms with Gasteiger partial charge in [-0.05, 0) is 30.7 Å². The molecule has 0 aromatic heterocycles. The molecule has 0 N–H and O–H groups in total. The van der Waals surface area contributed by atoms with Crippen molar-refractivity contribution in [1.29, 1.82) is 0 Å². The zero-order chi connectivity index (χ0) is 13.7. The van der Waals surface area contributed by atoms with Gasteiger partial charge in [-0.3, -0.25) is 4.79 Å². The van der Waals surface area contributed by atoms with Crippen LogP contribution in [0.3, 0.4) is 0 Å². The molecule has 1 aromatic carbocycles. The van der Waals surface area contributed by atoms with Gasteiger partial charge in [0.05, 0.1) is 7.11 Å². The highest BCUT2D eigenvalue weighted by Crippen LogP contribution is 2.17. The number of halogens is 1. The molecule has 0 bridgehead atoms. The topological polar surface area (TPSA) is 69.7 Å². The Morgan fingerprint density at radius 1 is 1.17 bits per heavy atom. The lowest BCUT2D eigenvalue weighted by Crippen LogP contribution is -2.18. The fraction of sp³-hybridized carbons (Fsp3) is 0.250. The van der Waals surface area contributed by atoms with Gasteiger partial charge < -0.3 is 9.47 Å². The van der Waals surface area contributed by atoms with E-state index in [0.717, 1.165) is 7.11 Å². The maximum Gasteiger partial charge on any atom is 0.417 e. The molecule has 0 aliphatic rings. The fourth-order valence-electron chi connectivity index (χ4n) is 1.23. The van der Waals surface area contributed by atoms with Crippen LogP contribution in [0, 0.1) is 0 Å². The summed E-state index contributed by atoms with van der Waals surface area (Å²) in [7, 11) is 1.09. The first kappa shape index (κ1) is 14.4. The number of ketones is 1. The second kappa shape index (κ2) is 6.30. The van der Waals surface area contributed by atoms with Crippen molar-refractivity contribution >= 4 is 33.7 Å². The Morgan fingerprint density at radius 2 is 1.83 bits per heavy atom. The largest absolute Gasteiger partial charge is 0.461 e. The molecule has 0 aliphatic carbocycles. The molecule has 0 amide bonds. The van der Waals surface area contributed by atoms with E-state index in [-0.39, 0.29) is 12.4 Å². The number of carbonyl (C=O) groups is 3. The molecular weight excluding hydrogens is 304 g/mol. The van der Waals surface area contributed by atoms with Gasteiger partial charge in [0.25, 0.3) is 0 Å². The van der Waals surface area contributed by atoms with Crippen molar-refractivity contribution in [2.45, 2.75) is 13.5 Å². The van der Waals surface area contributed by atoms with Crippen LogP contribution in [0.2, 0.25) is 0 Å². The Labute approximate surface area is 112 Å². The summed E-state index contributed by atoms with van der Waals surface area (Å²) in [5, 5.41) is 0. The van der Waals surface area contributed by atoms with E-state index in [4.69, 9.17) is 4.74 Å². The number of Topliss-reactive ketones (excluding diaryl/α,β-unsaturated/α-hetero) is 1. The second-order valence-corrected chi connectivity index (χ2v) is 4.39. The van der Waals surface area contributed by atoms with Crippen molar-refractivity contribution in [1.82, 2.24) is 0 Å². The quantitative estimate of drug-likeness (QED) is 0.484. The van der Waals surface area contributed by atoms with Crippen LogP contribution in [0.25, 0.3) is 0 Å². The molecule has 0 saturated carbocycles. The molecule has 1 rings (SSSR count). The van der Waals surface area contributed by atoms with E-state index in [1.54, 1.807) is 18.2 Å². The maximum absolute atomic E-state index is 11.2. The predicted molar refractivity (Wildman–Crippen MR) is 66.0 cm³/mol. The number of carbonyl (C=O) groups excluding carboxylic acids is 3. The van der Waals surface area contributed by atoms with Crippen molar-refractivity contribution in [2.24, 2.45) is 0 Å². The van der Waals surface area contributed by atoms with Crippen molar-refractivity contribution in [3.05, 3.63) is 33.8 Å². The predicted octanol–water partition coefficient (Wildman–Crippen LogP) is 1.87. The number of benzene rings is 1. The van der Waals surface area contributed by atoms with E-state index in [1.807, 2.05) is 0 Å². The van der Waals surface area contributed by atoms with Crippen LogP contribution in [0.15, 0.2) is 22.7 Å². The van der Waals surface area contributed by atoms with Gasteiger partial charge in [-0.1, -0.05) is 15.9 Å². The average molecular weight is 315 g/mol. The molecule has 0 radical (unpaired) electrons. The highest BCUT2D eigenvalue weighted by atomic mass is 79.9. The zero-order valence-corrected chi connectivity index (χ0v) is 11.4. The van der Waals surface area contributed by atoms with Gasteiger partial charge in [0.2, 0.25) is 0 Å². The Morgan fingerprint density at radius 3 is 2.39 bits per heavy atom. The summed E-state index contributed by atoms with van der Waals surface area (Å²) in [6.07, 6.45) is 0. The van der Waals surface area contributed by atoms with E-state index in [0.29, 0.717) is 15.6 Å². The highest BCUT2D eigenvalue weighted by molar-refractivity contribution is 9.10. The van der Waals surface area contributed by atoms with E-state index >= 15 is 0 Å². The zero-order valence-electron chi connectivity index (χ0n) is 9.86. The summed E-state index contributed by atoms with van der Waals surface area (Å²) in [6.45, 7) is 1.33. The second-order valence-electron chi connectivity index (χ2n) is 3.47. The summed E-state index contributed by atoms with van der Waals surface area (Å²) < 4.78 is 9.63. The number of hydrogen-bond donors (Lipinski definition) is 0. The SMILES string of the molecule is COC(=O)C(=O)OCc1cc(Br)cc(C(C)=O)c1. The third kappa shape index (κ3) is 3.96. The number of esters is 2. The minimum absolute atomic E-state index is 0.100. The van der Waals surface area contributed by atoms with Crippen LogP contribution in [0.5, 0.6) is 0 Å². The van der Waals surface area contributed by atoms with Gasteiger partial charge in [0, 0.05) is 10.0 Å². The molecular formula is C12H11BrO5.